The van der Waals surface area contributed by atoms with Gasteiger partial charge in [0, 0.05) is 10.0 Å². The van der Waals surface area contributed by atoms with E-state index in [4.69, 9.17) is 27.9 Å². The summed E-state index contributed by atoms with van der Waals surface area (Å²) in [5.41, 5.74) is 0.422. The number of rotatable bonds is 2. The first kappa shape index (κ1) is 13.6. The van der Waals surface area contributed by atoms with Crippen molar-refractivity contribution in [2.75, 3.05) is 0 Å². The van der Waals surface area contributed by atoms with Gasteiger partial charge in [-0.1, -0.05) is 35.3 Å². The van der Waals surface area contributed by atoms with Gasteiger partial charge in [0.05, 0.1) is 11.1 Å². The number of carbonyl (C=O) groups is 2. The molecule has 0 bridgehead atoms. The van der Waals surface area contributed by atoms with E-state index in [2.05, 4.69) is 0 Å². The third-order valence-electron chi connectivity index (χ3n) is 2.31. The molecule has 0 saturated carbocycles. The number of halogens is 2. The predicted molar refractivity (Wildman–Crippen MR) is 72.7 cm³/mol. The Hall–Kier alpha value is -1.84. The van der Waals surface area contributed by atoms with Gasteiger partial charge in [0.1, 0.15) is 0 Å². The lowest BCUT2D eigenvalue weighted by atomic mass is 10.2. The van der Waals surface area contributed by atoms with Gasteiger partial charge in [0.2, 0.25) is 0 Å². The van der Waals surface area contributed by atoms with Gasteiger partial charge in [0.15, 0.2) is 0 Å². The lowest BCUT2D eigenvalue weighted by molar-refractivity contribution is 0.0398. The zero-order valence-electron chi connectivity index (χ0n) is 9.60. The molecular weight excluding hydrogens is 287 g/mol. The minimum absolute atomic E-state index is 0.211. The minimum atomic E-state index is -0.757. The molecule has 0 aliphatic heterocycles. The molecule has 0 N–H and O–H groups in total. The van der Waals surface area contributed by atoms with Crippen LogP contribution in [0.4, 0.5) is 0 Å². The number of hydrogen-bond acceptors (Lipinski definition) is 3. The van der Waals surface area contributed by atoms with Gasteiger partial charge < -0.3 is 4.74 Å². The minimum Gasteiger partial charge on any atom is -0.386 e. The average molecular weight is 295 g/mol. The van der Waals surface area contributed by atoms with Gasteiger partial charge in [0.25, 0.3) is 0 Å². The van der Waals surface area contributed by atoms with E-state index in [0.29, 0.717) is 10.0 Å². The fourth-order valence-corrected chi connectivity index (χ4v) is 1.81. The fraction of sp³-hybridized carbons (Fsp3) is 0. The number of hydrogen-bond donors (Lipinski definition) is 0. The summed E-state index contributed by atoms with van der Waals surface area (Å²) in [7, 11) is 0. The number of benzene rings is 2. The van der Waals surface area contributed by atoms with Crippen LogP contribution in [0.3, 0.4) is 0 Å². The molecule has 0 heterocycles. The van der Waals surface area contributed by atoms with E-state index in [-0.39, 0.29) is 11.1 Å². The third-order valence-corrected chi connectivity index (χ3v) is 2.78. The van der Waals surface area contributed by atoms with Gasteiger partial charge in [-0.05, 0) is 36.4 Å². The highest BCUT2D eigenvalue weighted by molar-refractivity contribution is 6.31. The van der Waals surface area contributed by atoms with E-state index in [1.165, 1.54) is 24.3 Å². The van der Waals surface area contributed by atoms with Crippen LogP contribution in [0.25, 0.3) is 0 Å². The van der Waals surface area contributed by atoms with Crippen molar-refractivity contribution in [2.24, 2.45) is 0 Å². The largest absolute Gasteiger partial charge is 0.386 e. The molecule has 2 aromatic rings. The van der Waals surface area contributed by atoms with Gasteiger partial charge in [-0.2, -0.15) is 0 Å². The second-order valence-electron chi connectivity index (χ2n) is 3.70. The Balaban J connectivity index is 2.13. The first-order valence-electron chi connectivity index (χ1n) is 5.34. The summed E-state index contributed by atoms with van der Waals surface area (Å²) in [6, 6.07) is 12.3. The predicted octanol–water partition coefficient (Wildman–Crippen LogP) is 3.99. The highest BCUT2D eigenvalue weighted by Crippen LogP contribution is 2.14. The molecule has 0 radical (unpaired) electrons. The molecule has 96 valence electrons. The van der Waals surface area contributed by atoms with Crippen LogP contribution in [-0.4, -0.2) is 11.9 Å². The Morgan fingerprint density at radius 1 is 0.789 bits per heavy atom. The summed E-state index contributed by atoms with van der Waals surface area (Å²) in [6.07, 6.45) is 0. The summed E-state index contributed by atoms with van der Waals surface area (Å²) >= 11 is 11.5. The third kappa shape index (κ3) is 3.56. The van der Waals surface area contributed by atoms with Gasteiger partial charge >= 0.3 is 11.9 Å². The molecule has 19 heavy (non-hydrogen) atoms. The maximum absolute atomic E-state index is 11.7. The van der Waals surface area contributed by atoms with Crippen LogP contribution < -0.4 is 0 Å². The molecule has 0 saturated heterocycles. The number of ether oxygens (including phenoxy) is 1. The summed E-state index contributed by atoms with van der Waals surface area (Å²) in [6.45, 7) is 0. The molecular formula is C14H8Cl2O3. The van der Waals surface area contributed by atoms with E-state index in [0.717, 1.165) is 0 Å². The molecule has 0 spiro atoms. The van der Waals surface area contributed by atoms with Crippen molar-refractivity contribution in [1.29, 1.82) is 0 Å². The molecule has 0 fully saturated rings. The zero-order chi connectivity index (χ0) is 13.8. The summed E-state index contributed by atoms with van der Waals surface area (Å²) in [5, 5.41) is 0.786. The molecule has 2 rings (SSSR count). The summed E-state index contributed by atoms with van der Waals surface area (Å²) in [5.74, 6) is -1.51. The van der Waals surface area contributed by atoms with Gasteiger partial charge in [-0.25, -0.2) is 9.59 Å². The van der Waals surface area contributed by atoms with Crippen molar-refractivity contribution in [3.63, 3.8) is 0 Å². The van der Waals surface area contributed by atoms with Crippen molar-refractivity contribution in [3.8, 4) is 0 Å². The lowest BCUT2D eigenvalue weighted by Gasteiger charge is -2.03. The van der Waals surface area contributed by atoms with Gasteiger partial charge in [-0.15, -0.1) is 0 Å². The number of carbonyl (C=O) groups excluding carboxylic acids is 2. The maximum Gasteiger partial charge on any atom is 0.346 e. The molecule has 3 nitrogen and oxygen atoms in total. The second kappa shape index (κ2) is 5.87. The molecule has 0 atom stereocenters. The first-order chi connectivity index (χ1) is 9.06. The van der Waals surface area contributed by atoms with E-state index in [1.54, 1.807) is 24.3 Å². The molecule has 0 amide bonds. The fourth-order valence-electron chi connectivity index (χ4n) is 1.43. The second-order valence-corrected chi connectivity index (χ2v) is 4.57. The number of esters is 2. The molecule has 0 aliphatic rings. The highest BCUT2D eigenvalue weighted by Gasteiger charge is 2.15. The van der Waals surface area contributed by atoms with Crippen LogP contribution in [0.2, 0.25) is 10.0 Å². The maximum atomic E-state index is 11.7. The van der Waals surface area contributed by atoms with Crippen LogP contribution >= 0.6 is 23.2 Å². The van der Waals surface area contributed by atoms with Crippen LogP contribution in [0.1, 0.15) is 20.7 Å². The Morgan fingerprint density at radius 2 is 1.21 bits per heavy atom. The average Bonchev–Trinajstić information content (AvgIpc) is 2.38. The van der Waals surface area contributed by atoms with Crippen molar-refractivity contribution in [2.45, 2.75) is 0 Å². The van der Waals surface area contributed by atoms with Crippen LogP contribution in [0.15, 0.2) is 48.5 Å². The quantitative estimate of drug-likeness (QED) is 0.621. The topological polar surface area (TPSA) is 43.4 Å². The van der Waals surface area contributed by atoms with Crippen molar-refractivity contribution < 1.29 is 14.3 Å². The Bertz CT molecular complexity index is 583. The van der Waals surface area contributed by atoms with Crippen molar-refractivity contribution in [3.05, 3.63) is 69.7 Å². The Labute approximate surface area is 119 Å². The normalized spacial score (nSPS) is 10.0. The summed E-state index contributed by atoms with van der Waals surface area (Å²) in [4.78, 5) is 23.5. The van der Waals surface area contributed by atoms with Crippen LogP contribution in [0.5, 0.6) is 0 Å². The highest BCUT2D eigenvalue weighted by atomic mass is 35.5. The van der Waals surface area contributed by atoms with Crippen molar-refractivity contribution >= 4 is 35.1 Å². The summed E-state index contributed by atoms with van der Waals surface area (Å²) < 4.78 is 4.74. The first-order valence-corrected chi connectivity index (χ1v) is 6.09. The lowest BCUT2D eigenvalue weighted by Crippen LogP contribution is -2.12. The molecule has 0 aromatic heterocycles. The Morgan fingerprint density at radius 3 is 1.58 bits per heavy atom. The van der Waals surface area contributed by atoms with Crippen molar-refractivity contribution in [1.82, 2.24) is 0 Å². The standard InChI is InChI=1S/C14H8Cl2O3/c15-11-5-1-3-9(7-11)13(17)19-14(18)10-4-2-6-12(16)8-10/h1-8H. The van der Waals surface area contributed by atoms with E-state index in [1.807, 2.05) is 0 Å². The smallest absolute Gasteiger partial charge is 0.346 e. The molecule has 2 aromatic carbocycles. The molecule has 0 unspecified atom stereocenters. The van der Waals surface area contributed by atoms with Crippen LogP contribution in [0, 0.1) is 0 Å². The zero-order valence-corrected chi connectivity index (χ0v) is 11.1. The van der Waals surface area contributed by atoms with E-state index in [9.17, 15) is 9.59 Å². The van der Waals surface area contributed by atoms with E-state index < -0.39 is 11.9 Å². The SMILES string of the molecule is O=C(OC(=O)c1cccc(Cl)c1)c1cccc(Cl)c1. The molecule has 5 heteroatoms. The molecule has 0 aliphatic carbocycles. The Kier molecular flexibility index (Phi) is 4.20. The monoisotopic (exact) mass is 294 g/mol. The van der Waals surface area contributed by atoms with Crippen LogP contribution in [-0.2, 0) is 4.74 Å². The van der Waals surface area contributed by atoms with Gasteiger partial charge in [-0.3, -0.25) is 0 Å². The van der Waals surface area contributed by atoms with E-state index >= 15 is 0 Å².